The highest BCUT2D eigenvalue weighted by Crippen LogP contribution is 2.64. The van der Waals surface area contributed by atoms with Crippen LogP contribution >= 0.6 is 22.9 Å². The van der Waals surface area contributed by atoms with Crippen LogP contribution in [0, 0.1) is 60.0 Å². The normalized spacial score (nSPS) is 25.8. The Morgan fingerprint density at radius 1 is 0.929 bits per heavy atom. The Morgan fingerprint density at radius 2 is 1.62 bits per heavy atom. The highest BCUT2D eigenvalue weighted by atomic mass is 35.5. The molecule has 2 aliphatic heterocycles. The minimum absolute atomic E-state index is 0.132. The third kappa shape index (κ3) is 4.92. The molecule has 56 heavy (non-hydrogen) atoms. The molecule has 1 N–H and O–H groups in total. The number of phenolic OH excluding ortho intramolecular Hbond substituents is 1. The average Bonchev–Trinajstić information content (AvgIpc) is 3.83. The number of carbonyl (C=O) groups is 4. The van der Waals surface area contributed by atoms with Gasteiger partial charge in [-0.25, -0.2) is 4.90 Å². The summed E-state index contributed by atoms with van der Waals surface area (Å²) in [7, 11) is 1.70. The Kier molecular flexibility index (Phi) is 7.99. The van der Waals surface area contributed by atoms with E-state index in [1.54, 1.807) is 43.0 Å². The first kappa shape index (κ1) is 36.0. The fourth-order valence-corrected chi connectivity index (χ4v) is 11.3. The third-order valence-electron chi connectivity index (χ3n) is 12.7. The van der Waals surface area contributed by atoms with Gasteiger partial charge in [-0.3, -0.25) is 38.9 Å². The molecule has 4 amide bonds. The molecule has 6 unspecified atom stereocenters. The monoisotopic (exact) mass is 789 g/mol. The number of amides is 4. The molecule has 4 heterocycles. The van der Waals surface area contributed by atoms with E-state index in [2.05, 4.69) is 0 Å². The van der Waals surface area contributed by atoms with Crippen molar-refractivity contribution in [3.05, 3.63) is 110 Å². The number of halogens is 1. The zero-order valence-electron chi connectivity index (χ0n) is 31.1. The number of nitro groups is 1. The summed E-state index contributed by atoms with van der Waals surface area (Å²) in [5.41, 5.74) is 3.15. The summed E-state index contributed by atoms with van der Waals surface area (Å²) in [6.07, 6.45) is 2.37. The Hall–Kier alpha value is -5.66. The van der Waals surface area contributed by atoms with Crippen molar-refractivity contribution in [1.82, 2.24) is 9.78 Å². The van der Waals surface area contributed by atoms with E-state index in [1.807, 2.05) is 50.3 Å². The van der Waals surface area contributed by atoms with Crippen molar-refractivity contribution >= 4 is 73.8 Å². The maximum absolute atomic E-state index is 15.2. The summed E-state index contributed by atoms with van der Waals surface area (Å²) in [5.74, 6) is -4.78. The lowest BCUT2D eigenvalue weighted by Crippen LogP contribution is -2.49. The van der Waals surface area contributed by atoms with E-state index in [-0.39, 0.29) is 30.0 Å². The maximum atomic E-state index is 15.2. The standard InChI is InChI=1S/C42H36ClN5O7S/c1-19-14-22(15-20(2)36(19)49)35-26-11-12-27-34(40(52)46(38(27)50)24-7-9-25(10-8-24)48(54)55)29(26)17-30-39(51)47(41(53)42(30,35)4)33-18-31(44-45(33)5)37-21(3)28-16-23(43)6-13-32(28)56-37/h6-11,13-16,18,27,29-30,34-35,49H,12,17H2,1-5H3. The number of allylic oxidation sites excluding steroid dienone is 2. The molecule has 284 valence electrons. The van der Waals surface area contributed by atoms with E-state index >= 15 is 4.79 Å². The fraction of sp³-hybridized carbons (Fsp3) is 0.310. The van der Waals surface area contributed by atoms with Crippen LogP contribution in [-0.2, 0) is 26.2 Å². The van der Waals surface area contributed by atoms with E-state index in [1.165, 1.54) is 29.2 Å². The number of aromatic nitrogens is 2. The van der Waals surface area contributed by atoms with E-state index < -0.39 is 63.6 Å². The second-order valence-corrected chi connectivity index (χ2v) is 17.1. The van der Waals surface area contributed by atoms with Gasteiger partial charge in [-0.05, 0) is 104 Å². The number of thiophene rings is 1. The smallest absolute Gasteiger partial charge is 0.269 e. The number of imide groups is 2. The van der Waals surface area contributed by atoms with Crippen LogP contribution in [0.5, 0.6) is 5.75 Å². The van der Waals surface area contributed by atoms with Crippen molar-refractivity contribution in [2.75, 3.05) is 9.80 Å². The number of aryl methyl sites for hydroxylation is 4. The van der Waals surface area contributed by atoms with Crippen LogP contribution in [0.15, 0.2) is 72.3 Å². The zero-order chi connectivity index (χ0) is 39.7. The predicted molar refractivity (Wildman–Crippen MR) is 212 cm³/mol. The van der Waals surface area contributed by atoms with Crippen molar-refractivity contribution in [2.45, 2.75) is 46.5 Å². The zero-order valence-corrected chi connectivity index (χ0v) is 32.6. The van der Waals surface area contributed by atoms with Crippen LogP contribution in [0.1, 0.15) is 47.9 Å². The lowest BCUT2D eigenvalue weighted by atomic mass is 9.51. The lowest BCUT2D eigenvalue weighted by molar-refractivity contribution is -0.384. The van der Waals surface area contributed by atoms with Crippen molar-refractivity contribution in [2.24, 2.45) is 36.1 Å². The Labute approximate surface area is 330 Å². The van der Waals surface area contributed by atoms with Crippen LogP contribution in [0.4, 0.5) is 17.2 Å². The highest BCUT2D eigenvalue weighted by molar-refractivity contribution is 7.22. The molecule has 3 fully saturated rings. The lowest BCUT2D eigenvalue weighted by Gasteiger charge is -2.49. The molecule has 6 atom stereocenters. The van der Waals surface area contributed by atoms with Gasteiger partial charge in [0.25, 0.3) is 5.69 Å². The van der Waals surface area contributed by atoms with Crippen molar-refractivity contribution < 1.29 is 29.2 Å². The molecule has 5 aromatic rings. The van der Waals surface area contributed by atoms with Gasteiger partial charge in [0.1, 0.15) is 17.3 Å². The molecule has 3 aromatic carbocycles. The summed E-state index contributed by atoms with van der Waals surface area (Å²) < 4.78 is 2.58. The predicted octanol–water partition coefficient (Wildman–Crippen LogP) is 7.93. The van der Waals surface area contributed by atoms with E-state index in [4.69, 9.17) is 16.7 Å². The number of fused-ring (bicyclic) bond motifs is 5. The molecule has 14 heteroatoms. The van der Waals surface area contributed by atoms with Gasteiger partial charge >= 0.3 is 0 Å². The molecule has 12 nitrogen and oxygen atoms in total. The van der Waals surface area contributed by atoms with E-state index in [0.29, 0.717) is 27.7 Å². The Balaban J connectivity index is 1.15. The third-order valence-corrected chi connectivity index (χ3v) is 14.2. The molecule has 4 aliphatic rings. The largest absolute Gasteiger partial charge is 0.507 e. The number of aromatic hydroxyl groups is 1. The van der Waals surface area contributed by atoms with Gasteiger partial charge in [0, 0.05) is 40.9 Å². The molecule has 0 radical (unpaired) electrons. The fourth-order valence-electron chi connectivity index (χ4n) is 9.96. The van der Waals surface area contributed by atoms with Crippen molar-refractivity contribution in [3.63, 3.8) is 0 Å². The first-order valence-corrected chi connectivity index (χ1v) is 19.5. The van der Waals surface area contributed by atoms with Gasteiger partial charge in [-0.15, -0.1) is 11.3 Å². The molecule has 0 spiro atoms. The average molecular weight is 790 g/mol. The molecule has 2 aliphatic carbocycles. The summed E-state index contributed by atoms with van der Waals surface area (Å²) in [4.78, 5) is 72.6. The van der Waals surface area contributed by atoms with Gasteiger partial charge in [0.05, 0.1) is 38.7 Å². The first-order valence-electron chi connectivity index (χ1n) is 18.4. The van der Waals surface area contributed by atoms with Gasteiger partial charge in [-0.2, -0.15) is 5.10 Å². The molecule has 9 rings (SSSR count). The number of anilines is 2. The number of hydrogen-bond donors (Lipinski definition) is 1. The van der Waals surface area contributed by atoms with Gasteiger partial charge in [0.2, 0.25) is 23.6 Å². The number of hydrogen-bond acceptors (Lipinski definition) is 9. The first-order chi connectivity index (χ1) is 26.6. The summed E-state index contributed by atoms with van der Waals surface area (Å²) in [6.45, 7) is 7.39. The number of non-ortho nitro benzene ring substituents is 1. The minimum atomic E-state index is -1.29. The topological polar surface area (TPSA) is 156 Å². The van der Waals surface area contributed by atoms with Crippen molar-refractivity contribution in [3.8, 4) is 16.3 Å². The highest BCUT2D eigenvalue weighted by Gasteiger charge is 2.68. The van der Waals surface area contributed by atoms with Gasteiger partial charge < -0.3 is 5.11 Å². The number of nitrogens with zero attached hydrogens (tertiary/aromatic N) is 5. The SMILES string of the molecule is Cc1cc(C2C3=CCC4C(=O)N(c5ccc([N+](=O)[O-])cc5)C(=O)C4C3CC3C(=O)N(c4cc(-c5sc6ccc(Cl)cc6c5C)nn4C)C(=O)C32C)cc(C)c1O. The second kappa shape index (κ2) is 12.4. The van der Waals surface area contributed by atoms with Gasteiger partial charge in [-0.1, -0.05) is 35.4 Å². The van der Waals surface area contributed by atoms with Crippen LogP contribution < -0.4 is 9.80 Å². The van der Waals surface area contributed by atoms with Crippen LogP contribution in [-0.4, -0.2) is 43.4 Å². The molecule has 2 aromatic heterocycles. The van der Waals surface area contributed by atoms with Crippen LogP contribution in [0.25, 0.3) is 20.7 Å². The second-order valence-electron chi connectivity index (χ2n) is 15.7. The van der Waals surface area contributed by atoms with Crippen LogP contribution in [0.2, 0.25) is 5.02 Å². The van der Waals surface area contributed by atoms with Crippen LogP contribution in [0.3, 0.4) is 0 Å². The Morgan fingerprint density at radius 3 is 2.30 bits per heavy atom. The quantitative estimate of drug-likeness (QED) is 0.0815. The van der Waals surface area contributed by atoms with Crippen molar-refractivity contribution in [1.29, 1.82) is 0 Å². The number of rotatable bonds is 5. The summed E-state index contributed by atoms with van der Waals surface area (Å²) >= 11 is 7.87. The number of phenols is 1. The molecule has 0 bridgehead atoms. The minimum Gasteiger partial charge on any atom is -0.507 e. The number of carbonyl (C=O) groups excluding carboxylic acids is 4. The molecular formula is C42H36ClN5O7S. The summed E-state index contributed by atoms with van der Waals surface area (Å²) in [6, 6.07) is 16.5. The molecular weight excluding hydrogens is 754 g/mol. The van der Waals surface area contributed by atoms with E-state index in [0.717, 1.165) is 36.6 Å². The number of benzene rings is 3. The number of nitro benzene ring substituents is 1. The summed E-state index contributed by atoms with van der Waals surface area (Å²) in [5, 5.41) is 28.5. The molecule has 1 saturated carbocycles. The molecule has 2 saturated heterocycles. The maximum Gasteiger partial charge on any atom is 0.269 e. The van der Waals surface area contributed by atoms with Gasteiger partial charge in [0.15, 0.2) is 0 Å². The van der Waals surface area contributed by atoms with E-state index in [9.17, 15) is 29.6 Å². The Bertz CT molecular complexity index is 2620.